The van der Waals surface area contributed by atoms with Crippen LogP contribution in [0.3, 0.4) is 0 Å². The Balaban J connectivity index is 1.84. The number of halogens is 1. The van der Waals surface area contributed by atoms with E-state index >= 15 is 0 Å². The molecule has 1 aromatic rings. The molecule has 0 bridgehead atoms. The quantitative estimate of drug-likeness (QED) is 0.862. The molecule has 22 heavy (non-hydrogen) atoms. The number of benzene rings is 1. The topological polar surface area (TPSA) is 58.6 Å². The molecule has 1 N–H and O–H groups in total. The summed E-state index contributed by atoms with van der Waals surface area (Å²) in [7, 11) is 1.59. The molecule has 0 aromatic heterocycles. The third-order valence-electron chi connectivity index (χ3n) is 3.83. The van der Waals surface area contributed by atoms with Crippen LogP contribution in [0.25, 0.3) is 0 Å². The minimum atomic E-state index is -0.495. The van der Waals surface area contributed by atoms with E-state index in [-0.39, 0.29) is 17.9 Å². The van der Waals surface area contributed by atoms with Gasteiger partial charge in [-0.05, 0) is 44.0 Å². The van der Waals surface area contributed by atoms with Gasteiger partial charge in [-0.1, -0.05) is 0 Å². The Bertz CT molecular complexity index is 523. The van der Waals surface area contributed by atoms with E-state index in [0.29, 0.717) is 18.7 Å². The number of methoxy groups -OCH3 is 1. The van der Waals surface area contributed by atoms with Crippen molar-refractivity contribution < 1.29 is 14.3 Å². The number of amides is 2. The predicted octanol–water partition coefficient (Wildman–Crippen LogP) is 2.04. The van der Waals surface area contributed by atoms with Crippen molar-refractivity contribution in [3.63, 3.8) is 0 Å². The minimum absolute atomic E-state index is 0.0402. The zero-order valence-electron chi connectivity index (χ0n) is 12.8. The van der Waals surface area contributed by atoms with E-state index in [2.05, 4.69) is 5.32 Å². The van der Waals surface area contributed by atoms with Gasteiger partial charge in [0.25, 0.3) is 5.91 Å². The first-order chi connectivity index (χ1) is 10.5. The standard InChI is InChI=1S/C16H21ClN2O3/c1-11(17)16(21)19-9-7-13(8-10-19)18-15(20)12-3-5-14(22-2)6-4-12/h3-6,11,13H,7-10H2,1-2H3,(H,18,20). The Hall–Kier alpha value is -1.75. The molecule has 1 aromatic carbocycles. The van der Waals surface area contributed by atoms with Crippen LogP contribution in [-0.4, -0.2) is 48.3 Å². The molecule has 6 heteroatoms. The van der Waals surface area contributed by atoms with E-state index in [1.54, 1.807) is 43.2 Å². The summed E-state index contributed by atoms with van der Waals surface area (Å²) in [4.78, 5) is 25.7. The van der Waals surface area contributed by atoms with Gasteiger partial charge in [-0.25, -0.2) is 0 Å². The van der Waals surface area contributed by atoms with Crippen LogP contribution in [0.1, 0.15) is 30.1 Å². The number of carbonyl (C=O) groups is 2. The highest BCUT2D eigenvalue weighted by atomic mass is 35.5. The summed E-state index contributed by atoms with van der Waals surface area (Å²) in [6.45, 7) is 2.94. The Morgan fingerprint density at radius 1 is 1.27 bits per heavy atom. The summed E-state index contributed by atoms with van der Waals surface area (Å²) in [6, 6.07) is 7.09. The number of hydrogen-bond acceptors (Lipinski definition) is 3. The number of carbonyl (C=O) groups excluding carboxylic acids is 2. The van der Waals surface area contributed by atoms with Crippen LogP contribution in [-0.2, 0) is 4.79 Å². The zero-order valence-corrected chi connectivity index (χ0v) is 13.6. The summed E-state index contributed by atoms with van der Waals surface area (Å²) in [5.41, 5.74) is 0.605. The predicted molar refractivity (Wildman–Crippen MR) is 85.4 cm³/mol. The molecule has 1 aliphatic rings. The van der Waals surface area contributed by atoms with Crippen LogP contribution in [0, 0.1) is 0 Å². The molecule has 1 saturated heterocycles. The number of nitrogens with one attached hydrogen (secondary N) is 1. The molecule has 1 aliphatic heterocycles. The lowest BCUT2D eigenvalue weighted by atomic mass is 10.0. The zero-order chi connectivity index (χ0) is 16.1. The fourth-order valence-electron chi connectivity index (χ4n) is 2.51. The van der Waals surface area contributed by atoms with Crippen molar-refractivity contribution in [1.82, 2.24) is 10.2 Å². The van der Waals surface area contributed by atoms with E-state index < -0.39 is 5.38 Å². The molecule has 2 amide bonds. The van der Waals surface area contributed by atoms with E-state index in [4.69, 9.17) is 16.3 Å². The van der Waals surface area contributed by atoms with E-state index in [1.165, 1.54) is 0 Å². The third kappa shape index (κ3) is 4.13. The number of rotatable bonds is 4. The molecular weight excluding hydrogens is 304 g/mol. The lowest BCUT2D eigenvalue weighted by Crippen LogP contribution is -2.48. The summed E-state index contributed by atoms with van der Waals surface area (Å²) < 4.78 is 5.07. The van der Waals surface area contributed by atoms with Crippen LogP contribution in [0.15, 0.2) is 24.3 Å². The maximum Gasteiger partial charge on any atom is 0.251 e. The number of alkyl halides is 1. The van der Waals surface area contributed by atoms with Gasteiger partial charge in [0.2, 0.25) is 5.91 Å². The number of ether oxygens (including phenoxy) is 1. The van der Waals surface area contributed by atoms with Crippen molar-refractivity contribution in [3.05, 3.63) is 29.8 Å². The Morgan fingerprint density at radius 2 is 1.86 bits per heavy atom. The molecule has 1 unspecified atom stereocenters. The van der Waals surface area contributed by atoms with Gasteiger partial charge in [-0.15, -0.1) is 11.6 Å². The van der Waals surface area contributed by atoms with Gasteiger partial charge in [0.1, 0.15) is 11.1 Å². The van der Waals surface area contributed by atoms with Crippen LogP contribution < -0.4 is 10.1 Å². The Labute approximate surface area is 135 Å². The fourth-order valence-corrected chi connectivity index (χ4v) is 2.64. The maximum atomic E-state index is 12.2. The number of piperidine rings is 1. The summed E-state index contributed by atoms with van der Waals surface area (Å²) in [5.74, 6) is 0.582. The summed E-state index contributed by atoms with van der Waals surface area (Å²) >= 11 is 5.82. The second-order valence-electron chi connectivity index (χ2n) is 5.42. The van der Waals surface area contributed by atoms with Crippen LogP contribution in [0.4, 0.5) is 0 Å². The molecule has 1 atom stereocenters. The van der Waals surface area contributed by atoms with Gasteiger partial charge in [0.05, 0.1) is 7.11 Å². The van der Waals surface area contributed by atoms with Crippen LogP contribution >= 0.6 is 11.6 Å². The molecule has 5 nitrogen and oxygen atoms in total. The maximum absolute atomic E-state index is 12.2. The van der Waals surface area contributed by atoms with Crippen molar-refractivity contribution >= 4 is 23.4 Å². The lowest BCUT2D eigenvalue weighted by molar-refractivity contribution is -0.131. The van der Waals surface area contributed by atoms with E-state index in [0.717, 1.165) is 18.6 Å². The van der Waals surface area contributed by atoms with Gasteiger partial charge in [-0.2, -0.15) is 0 Å². The molecule has 0 radical (unpaired) electrons. The van der Waals surface area contributed by atoms with Gasteiger partial charge in [-0.3, -0.25) is 9.59 Å². The SMILES string of the molecule is COc1ccc(C(=O)NC2CCN(C(=O)C(C)Cl)CC2)cc1. The average Bonchev–Trinajstić information content (AvgIpc) is 2.54. The third-order valence-corrected chi connectivity index (χ3v) is 4.02. The molecular formula is C16H21ClN2O3. The highest BCUT2D eigenvalue weighted by Gasteiger charge is 2.25. The van der Waals surface area contributed by atoms with Gasteiger partial charge >= 0.3 is 0 Å². The number of hydrogen-bond donors (Lipinski definition) is 1. The molecule has 2 rings (SSSR count). The molecule has 0 spiro atoms. The van der Waals surface area contributed by atoms with Crippen molar-refractivity contribution in [1.29, 1.82) is 0 Å². The second kappa shape index (κ2) is 7.49. The Kier molecular flexibility index (Phi) is 5.66. The first-order valence-corrected chi connectivity index (χ1v) is 7.82. The highest BCUT2D eigenvalue weighted by molar-refractivity contribution is 6.30. The smallest absolute Gasteiger partial charge is 0.251 e. The van der Waals surface area contributed by atoms with Crippen molar-refractivity contribution in [2.75, 3.05) is 20.2 Å². The van der Waals surface area contributed by atoms with E-state index in [1.807, 2.05) is 0 Å². The van der Waals surface area contributed by atoms with E-state index in [9.17, 15) is 9.59 Å². The van der Waals surface area contributed by atoms with Gasteiger partial charge in [0.15, 0.2) is 0 Å². The molecule has 120 valence electrons. The number of likely N-dealkylation sites (tertiary alicyclic amines) is 1. The monoisotopic (exact) mass is 324 g/mol. The lowest BCUT2D eigenvalue weighted by Gasteiger charge is -2.33. The average molecular weight is 325 g/mol. The van der Waals surface area contributed by atoms with Crippen molar-refractivity contribution in [2.45, 2.75) is 31.2 Å². The van der Waals surface area contributed by atoms with Crippen LogP contribution in [0.2, 0.25) is 0 Å². The first-order valence-electron chi connectivity index (χ1n) is 7.39. The largest absolute Gasteiger partial charge is 0.497 e. The molecule has 0 saturated carbocycles. The van der Waals surface area contributed by atoms with Crippen molar-refractivity contribution in [3.8, 4) is 5.75 Å². The van der Waals surface area contributed by atoms with Gasteiger partial charge < -0.3 is 15.0 Å². The van der Waals surface area contributed by atoms with Crippen LogP contribution in [0.5, 0.6) is 5.75 Å². The Morgan fingerprint density at radius 3 is 2.36 bits per heavy atom. The summed E-state index contributed by atoms with van der Waals surface area (Å²) in [6.07, 6.45) is 1.49. The summed E-state index contributed by atoms with van der Waals surface area (Å²) in [5, 5.41) is 2.52. The molecule has 1 heterocycles. The number of nitrogens with zero attached hydrogens (tertiary/aromatic N) is 1. The molecule has 0 aliphatic carbocycles. The highest BCUT2D eigenvalue weighted by Crippen LogP contribution is 2.15. The normalized spacial score (nSPS) is 17.0. The van der Waals surface area contributed by atoms with Gasteiger partial charge in [0, 0.05) is 24.7 Å². The first kappa shape index (κ1) is 16.6. The second-order valence-corrected chi connectivity index (χ2v) is 6.07. The minimum Gasteiger partial charge on any atom is -0.497 e. The van der Waals surface area contributed by atoms with Crippen molar-refractivity contribution in [2.24, 2.45) is 0 Å². The fraction of sp³-hybridized carbons (Fsp3) is 0.500. The molecule has 1 fully saturated rings.